The van der Waals surface area contributed by atoms with E-state index < -0.39 is 0 Å². The molecule has 4 unspecified atom stereocenters. The van der Waals surface area contributed by atoms with Crippen molar-refractivity contribution in [2.45, 2.75) is 69.0 Å². The Bertz CT molecular complexity index is 1200. The topological polar surface area (TPSA) is 58.1 Å². The molecule has 3 fully saturated rings. The minimum Gasteiger partial charge on any atom is -0.339 e. The Balaban J connectivity index is 1.20. The Morgan fingerprint density at radius 3 is 2.66 bits per heavy atom. The summed E-state index contributed by atoms with van der Waals surface area (Å²) in [6.45, 7) is 1.96. The van der Waals surface area contributed by atoms with Crippen LogP contribution in [0.5, 0.6) is 0 Å². The Kier molecular flexibility index (Phi) is 5.01. The number of amides is 1. The lowest BCUT2D eigenvalue weighted by atomic mass is 9.97. The van der Waals surface area contributed by atoms with Gasteiger partial charge in [-0.25, -0.2) is 9.97 Å². The molecule has 3 aliphatic rings. The van der Waals surface area contributed by atoms with Gasteiger partial charge in [0.1, 0.15) is 10.7 Å². The first-order valence-electron chi connectivity index (χ1n) is 11.5. The highest BCUT2D eigenvalue weighted by atomic mass is 35.5. The second kappa shape index (κ2) is 7.79. The number of nitrogens with zero attached hydrogens (tertiary/aromatic N) is 3. The van der Waals surface area contributed by atoms with Crippen molar-refractivity contribution in [3.05, 3.63) is 57.3 Å². The molecule has 1 aromatic carbocycles. The summed E-state index contributed by atoms with van der Waals surface area (Å²) in [6, 6.07) is 9.43. The third-order valence-corrected chi connectivity index (χ3v) is 8.71. The molecule has 1 amide bonds. The zero-order valence-corrected chi connectivity index (χ0v) is 19.9. The van der Waals surface area contributed by atoms with E-state index in [1.807, 2.05) is 31.0 Å². The molecule has 1 saturated carbocycles. The number of piperidine rings is 1. The standard InChI is InChI=1S/C25H27ClN4OS/c1-13-27-23(19-7-8-32-24(19)28-13)21-12-20(21)18-6-3-14(9-22(18)26)25(31)30(2)17-10-15-4-5-16(11-17)29-15/h3,6-9,15-17,20-21,29H,4-5,10-12H2,1-2H3. The lowest BCUT2D eigenvalue weighted by Gasteiger charge is -2.35. The Hall–Kier alpha value is -2.02. The summed E-state index contributed by atoms with van der Waals surface area (Å²) in [7, 11) is 1.94. The molecular formula is C25H27ClN4OS. The van der Waals surface area contributed by atoms with Gasteiger partial charge in [0.15, 0.2) is 0 Å². The lowest BCUT2D eigenvalue weighted by molar-refractivity contribution is 0.0681. The third-order valence-electron chi connectivity index (χ3n) is 7.57. The maximum absolute atomic E-state index is 13.2. The van der Waals surface area contributed by atoms with Crippen LogP contribution in [0.25, 0.3) is 10.2 Å². The van der Waals surface area contributed by atoms with Crippen LogP contribution in [0.2, 0.25) is 5.02 Å². The molecule has 2 aromatic heterocycles. The number of benzene rings is 1. The first-order valence-corrected chi connectivity index (χ1v) is 12.8. The fourth-order valence-corrected chi connectivity index (χ4v) is 6.92. The van der Waals surface area contributed by atoms with Crippen LogP contribution in [0.1, 0.15) is 71.4 Å². The monoisotopic (exact) mass is 466 g/mol. The largest absolute Gasteiger partial charge is 0.339 e. The molecule has 2 aliphatic heterocycles. The van der Waals surface area contributed by atoms with Gasteiger partial charge in [0, 0.05) is 47.1 Å². The molecule has 166 valence electrons. The van der Waals surface area contributed by atoms with Gasteiger partial charge in [-0.05, 0) is 74.1 Å². The van der Waals surface area contributed by atoms with Gasteiger partial charge in [0.25, 0.3) is 5.91 Å². The molecule has 2 saturated heterocycles. The van der Waals surface area contributed by atoms with Gasteiger partial charge < -0.3 is 10.2 Å². The molecule has 1 N–H and O–H groups in total. The summed E-state index contributed by atoms with van der Waals surface area (Å²) in [4.78, 5) is 25.5. The van der Waals surface area contributed by atoms with Crippen LogP contribution in [-0.2, 0) is 0 Å². The molecule has 7 heteroatoms. The molecule has 0 spiro atoms. The van der Waals surface area contributed by atoms with Gasteiger partial charge in [-0.1, -0.05) is 17.7 Å². The minimum absolute atomic E-state index is 0.0727. The smallest absolute Gasteiger partial charge is 0.253 e. The van der Waals surface area contributed by atoms with Gasteiger partial charge in [0.05, 0.1) is 5.69 Å². The van der Waals surface area contributed by atoms with Crippen LogP contribution in [0, 0.1) is 6.92 Å². The van der Waals surface area contributed by atoms with Gasteiger partial charge >= 0.3 is 0 Å². The average molecular weight is 467 g/mol. The van der Waals surface area contributed by atoms with Crippen LogP contribution in [0.4, 0.5) is 0 Å². The quantitative estimate of drug-likeness (QED) is 0.568. The van der Waals surface area contributed by atoms with E-state index in [1.54, 1.807) is 11.3 Å². The third kappa shape index (κ3) is 3.53. The van der Waals surface area contributed by atoms with E-state index in [0.29, 0.717) is 40.5 Å². The molecule has 32 heavy (non-hydrogen) atoms. The number of hydrogen-bond donors (Lipinski definition) is 1. The molecule has 5 nitrogen and oxygen atoms in total. The predicted molar refractivity (Wildman–Crippen MR) is 129 cm³/mol. The zero-order chi connectivity index (χ0) is 22.0. The number of carbonyl (C=O) groups is 1. The van der Waals surface area contributed by atoms with Crippen molar-refractivity contribution < 1.29 is 4.79 Å². The summed E-state index contributed by atoms with van der Waals surface area (Å²) in [5.41, 5.74) is 2.94. The number of hydrogen-bond acceptors (Lipinski definition) is 5. The van der Waals surface area contributed by atoms with E-state index >= 15 is 0 Å². The van der Waals surface area contributed by atoms with Crippen LogP contribution in [0.15, 0.2) is 29.6 Å². The molecule has 4 heterocycles. The second-order valence-corrected chi connectivity index (χ2v) is 11.0. The SMILES string of the molecule is Cc1nc(C2CC2c2ccc(C(=O)N(C)C3CC4CCC(C3)N4)cc2Cl)c2ccsc2n1. The summed E-state index contributed by atoms with van der Waals surface area (Å²) in [5.74, 6) is 1.60. The van der Waals surface area contributed by atoms with Gasteiger partial charge in [-0.2, -0.15) is 0 Å². The van der Waals surface area contributed by atoms with Gasteiger partial charge in [-0.3, -0.25) is 4.79 Å². The van der Waals surface area contributed by atoms with Crippen LogP contribution < -0.4 is 5.32 Å². The molecule has 4 atom stereocenters. The van der Waals surface area contributed by atoms with Crippen LogP contribution in [-0.4, -0.2) is 45.9 Å². The zero-order valence-electron chi connectivity index (χ0n) is 18.3. The molecule has 2 bridgehead atoms. The highest BCUT2D eigenvalue weighted by Gasteiger charge is 2.43. The fourth-order valence-electron chi connectivity index (χ4n) is 5.79. The Morgan fingerprint density at radius 2 is 1.91 bits per heavy atom. The van der Waals surface area contributed by atoms with Crippen molar-refractivity contribution in [3.63, 3.8) is 0 Å². The minimum atomic E-state index is 0.0727. The van der Waals surface area contributed by atoms with Crippen molar-refractivity contribution >= 4 is 39.1 Å². The number of thiophene rings is 1. The van der Waals surface area contributed by atoms with E-state index in [9.17, 15) is 4.79 Å². The first kappa shape index (κ1) is 20.6. The second-order valence-electron chi connectivity index (χ2n) is 9.66. The number of nitrogens with one attached hydrogen (secondary N) is 1. The van der Waals surface area contributed by atoms with E-state index in [0.717, 1.165) is 46.6 Å². The average Bonchev–Trinajstić information content (AvgIpc) is 3.30. The number of halogens is 1. The summed E-state index contributed by atoms with van der Waals surface area (Å²) in [5, 5.41) is 7.58. The maximum atomic E-state index is 13.2. The maximum Gasteiger partial charge on any atom is 0.253 e. The van der Waals surface area contributed by atoms with Gasteiger partial charge in [-0.15, -0.1) is 11.3 Å². The van der Waals surface area contributed by atoms with Crippen molar-refractivity contribution in [3.8, 4) is 0 Å². The number of rotatable bonds is 4. The summed E-state index contributed by atoms with van der Waals surface area (Å²) < 4.78 is 0. The van der Waals surface area contributed by atoms with Gasteiger partial charge in [0.2, 0.25) is 0 Å². The first-order chi connectivity index (χ1) is 15.5. The molecule has 1 aliphatic carbocycles. The summed E-state index contributed by atoms with van der Waals surface area (Å²) in [6.07, 6.45) is 5.59. The number of aromatic nitrogens is 2. The van der Waals surface area contributed by atoms with Crippen LogP contribution >= 0.6 is 22.9 Å². The Morgan fingerprint density at radius 1 is 1.12 bits per heavy atom. The number of fused-ring (bicyclic) bond motifs is 3. The van der Waals surface area contributed by atoms with Crippen molar-refractivity contribution in [2.75, 3.05) is 7.05 Å². The molecule has 3 aromatic rings. The van der Waals surface area contributed by atoms with E-state index in [4.69, 9.17) is 16.6 Å². The predicted octanol–water partition coefficient (Wildman–Crippen LogP) is 5.28. The normalized spacial score (nSPS) is 28.8. The molecular weight excluding hydrogens is 440 g/mol. The molecule has 0 radical (unpaired) electrons. The van der Waals surface area contributed by atoms with E-state index in [-0.39, 0.29) is 5.91 Å². The molecule has 6 rings (SSSR count). The highest BCUT2D eigenvalue weighted by Crippen LogP contribution is 2.57. The highest BCUT2D eigenvalue weighted by molar-refractivity contribution is 7.16. The van der Waals surface area contributed by atoms with E-state index in [1.165, 1.54) is 12.8 Å². The van der Waals surface area contributed by atoms with E-state index in [2.05, 4.69) is 27.8 Å². The van der Waals surface area contributed by atoms with Crippen molar-refractivity contribution in [2.24, 2.45) is 0 Å². The fraction of sp³-hybridized carbons (Fsp3) is 0.480. The van der Waals surface area contributed by atoms with Crippen LogP contribution in [0.3, 0.4) is 0 Å². The number of aryl methyl sites for hydroxylation is 1. The lowest BCUT2D eigenvalue weighted by Crippen LogP contribution is -2.48. The Labute approximate surface area is 197 Å². The summed E-state index contributed by atoms with van der Waals surface area (Å²) >= 11 is 8.39. The number of carbonyl (C=O) groups excluding carboxylic acids is 1. The van der Waals surface area contributed by atoms with Crippen molar-refractivity contribution in [1.82, 2.24) is 20.2 Å². The van der Waals surface area contributed by atoms with Crippen molar-refractivity contribution in [1.29, 1.82) is 0 Å².